The summed E-state index contributed by atoms with van der Waals surface area (Å²) in [5, 5.41) is 22.2. The Kier molecular flexibility index (Phi) is 5.75. The molecule has 0 aliphatic heterocycles. The Hall–Kier alpha value is -2.32. The molecular weight excluding hydrogens is 266 g/mol. The summed E-state index contributed by atoms with van der Waals surface area (Å²) in [5.41, 5.74) is 7.89. The molecule has 0 aromatic heterocycles. The number of hydrogen-bond donors (Lipinski definition) is 4. The number of nitrogens with two attached hydrogens (primary N) is 1. The van der Waals surface area contributed by atoms with E-state index in [0.717, 1.165) is 0 Å². The van der Waals surface area contributed by atoms with Gasteiger partial charge in [0, 0.05) is 5.56 Å². The number of nitrogens with zero attached hydrogens (tertiary/aromatic N) is 1. The first-order chi connectivity index (χ1) is 9.54. The largest absolute Gasteiger partial charge is 0.502 e. The third-order valence-electron chi connectivity index (χ3n) is 2.46. The van der Waals surface area contributed by atoms with Crippen molar-refractivity contribution < 1.29 is 24.5 Å². The zero-order chi connectivity index (χ0) is 15.1. The molecule has 0 aliphatic carbocycles. The quantitative estimate of drug-likeness (QED) is 0.399. The first-order valence-electron chi connectivity index (χ1n) is 5.68. The van der Waals surface area contributed by atoms with Crippen molar-refractivity contribution in [3.05, 3.63) is 17.7 Å². The maximum absolute atomic E-state index is 11.3. The fraction of sp³-hybridized carbons (Fsp3) is 0.333. The van der Waals surface area contributed by atoms with Crippen molar-refractivity contribution >= 4 is 12.1 Å². The van der Waals surface area contributed by atoms with Crippen LogP contribution in [0.3, 0.4) is 0 Å². The number of aliphatic hydroxyl groups is 1. The lowest BCUT2D eigenvalue weighted by Gasteiger charge is -2.10. The first kappa shape index (κ1) is 15.7. The second-order valence-corrected chi connectivity index (χ2v) is 3.76. The molecule has 110 valence electrons. The maximum Gasteiger partial charge on any atom is 0.259 e. The van der Waals surface area contributed by atoms with Crippen LogP contribution in [0.25, 0.3) is 0 Å². The van der Waals surface area contributed by atoms with E-state index in [0.29, 0.717) is 5.56 Å². The summed E-state index contributed by atoms with van der Waals surface area (Å²) in [6, 6.07) is 2.08. The fourth-order valence-corrected chi connectivity index (χ4v) is 1.38. The van der Waals surface area contributed by atoms with Crippen LogP contribution in [0.15, 0.2) is 17.2 Å². The predicted octanol–water partition coefficient (Wildman–Crippen LogP) is -0.821. The number of ether oxygens (including phenoxy) is 2. The zero-order valence-electron chi connectivity index (χ0n) is 11.2. The number of methoxy groups -OCH3 is 2. The minimum atomic E-state index is -1.04. The van der Waals surface area contributed by atoms with Crippen molar-refractivity contribution in [1.82, 2.24) is 5.43 Å². The Morgan fingerprint density at radius 3 is 2.75 bits per heavy atom. The van der Waals surface area contributed by atoms with E-state index in [2.05, 4.69) is 10.5 Å². The number of nitrogens with one attached hydrogen (secondary N) is 1. The Morgan fingerprint density at radius 2 is 2.20 bits per heavy atom. The highest BCUT2D eigenvalue weighted by Gasteiger charge is 2.13. The predicted molar refractivity (Wildman–Crippen MR) is 72.0 cm³/mol. The van der Waals surface area contributed by atoms with E-state index >= 15 is 0 Å². The van der Waals surface area contributed by atoms with E-state index in [4.69, 9.17) is 20.3 Å². The molecule has 1 rings (SSSR count). The summed E-state index contributed by atoms with van der Waals surface area (Å²) in [4.78, 5) is 11.3. The monoisotopic (exact) mass is 283 g/mol. The molecule has 0 spiro atoms. The van der Waals surface area contributed by atoms with Gasteiger partial charge in [-0.05, 0) is 12.1 Å². The number of aliphatic hydroxyl groups excluding tert-OH is 1. The van der Waals surface area contributed by atoms with Gasteiger partial charge in [0.15, 0.2) is 11.5 Å². The lowest BCUT2D eigenvalue weighted by molar-refractivity contribution is -0.123. The molecule has 0 saturated heterocycles. The summed E-state index contributed by atoms with van der Waals surface area (Å²) in [7, 11) is 2.80. The Bertz CT molecular complexity index is 504. The molecule has 1 atom stereocenters. The summed E-state index contributed by atoms with van der Waals surface area (Å²) < 4.78 is 9.99. The van der Waals surface area contributed by atoms with Gasteiger partial charge in [-0.3, -0.25) is 4.79 Å². The SMILES string of the molecule is COc1ccc(/C=N/NC(=O)[C@@H](N)CO)c(OC)c1O. The highest BCUT2D eigenvalue weighted by Crippen LogP contribution is 2.37. The molecule has 0 fully saturated rings. The smallest absolute Gasteiger partial charge is 0.259 e. The highest BCUT2D eigenvalue weighted by molar-refractivity contribution is 5.88. The number of hydrogen-bond acceptors (Lipinski definition) is 7. The maximum atomic E-state index is 11.3. The Balaban J connectivity index is 2.87. The van der Waals surface area contributed by atoms with Crippen molar-refractivity contribution in [2.24, 2.45) is 10.8 Å². The van der Waals surface area contributed by atoms with Crippen molar-refractivity contribution in [2.45, 2.75) is 6.04 Å². The number of aromatic hydroxyl groups is 1. The van der Waals surface area contributed by atoms with Crippen molar-refractivity contribution in [3.63, 3.8) is 0 Å². The molecule has 0 saturated carbocycles. The summed E-state index contributed by atoms with van der Waals surface area (Å²) in [6.45, 7) is -0.478. The average Bonchev–Trinajstić information content (AvgIpc) is 2.46. The Labute approximate surface area is 115 Å². The number of amides is 1. The fourth-order valence-electron chi connectivity index (χ4n) is 1.38. The number of rotatable bonds is 6. The van der Waals surface area contributed by atoms with Crippen LogP contribution in [-0.4, -0.2) is 49.2 Å². The van der Waals surface area contributed by atoms with Crippen LogP contribution in [0, 0.1) is 0 Å². The molecule has 0 heterocycles. The van der Waals surface area contributed by atoms with E-state index in [9.17, 15) is 9.90 Å². The number of hydrazone groups is 1. The number of carbonyl (C=O) groups excluding carboxylic acids is 1. The van der Waals surface area contributed by atoms with E-state index < -0.39 is 18.6 Å². The third-order valence-corrected chi connectivity index (χ3v) is 2.46. The van der Waals surface area contributed by atoms with Gasteiger partial charge < -0.3 is 25.4 Å². The molecule has 0 aliphatic rings. The summed E-state index contributed by atoms with van der Waals surface area (Å²) in [5.74, 6) is -0.378. The Morgan fingerprint density at radius 1 is 1.50 bits per heavy atom. The molecule has 0 bridgehead atoms. The number of benzene rings is 1. The van der Waals surface area contributed by atoms with E-state index in [-0.39, 0.29) is 17.2 Å². The number of phenolic OH excluding ortho intramolecular Hbond substituents is 1. The van der Waals surface area contributed by atoms with Crippen LogP contribution < -0.4 is 20.6 Å². The highest BCUT2D eigenvalue weighted by atomic mass is 16.5. The molecule has 0 radical (unpaired) electrons. The van der Waals surface area contributed by atoms with E-state index in [1.54, 1.807) is 6.07 Å². The second kappa shape index (κ2) is 7.31. The molecule has 0 unspecified atom stereocenters. The van der Waals surface area contributed by atoms with Gasteiger partial charge >= 0.3 is 0 Å². The normalized spacial score (nSPS) is 12.2. The van der Waals surface area contributed by atoms with Crippen molar-refractivity contribution in [1.29, 1.82) is 0 Å². The standard InChI is InChI=1S/C12H17N3O5/c1-19-9-4-3-7(11(20-2)10(9)17)5-14-15-12(18)8(13)6-16/h3-5,8,16-17H,6,13H2,1-2H3,(H,15,18)/b14-5+/t8-/m0/s1. The molecule has 1 aromatic rings. The van der Waals surface area contributed by atoms with Crippen LogP contribution >= 0.6 is 0 Å². The van der Waals surface area contributed by atoms with Crippen LogP contribution in [0.2, 0.25) is 0 Å². The van der Waals surface area contributed by atoms with Gasteiger partial charge in [0.1, 0.15) is 6.04 Å². The molecule has 8 nitrogen and oxygen atoms in total. The van der Waals surface area contributed by atoms with Gasteiger partial charge in [-0.15, -0.1) is 0 Å². The minimum Gasteiger partial charge on any atom is -0.502 e. The average molecular weight is 283 g/mol. The van der Waals surface area contributed by atoms with Gasteiger partial charge in [0.25, 0.3) is 5.91 Å². The van der Waals surface area contributed by atoms with Crippen molar-refractivity contribution in [2.75, 3.05) is 20.8 Å². The van der Waals surface area contributed by atoms with Crippen LogP contribution in [-0.2, 0) is 4.79 Å². The van der Waals surface area contributed by atoms with E-state index in [1.165, 1.54) is 26.5 Å². The lowest BCUT2D eigenvalue weighted by Crippen LogP contribution is -2.40. The van der Waals surface area contributed by atoms with Crippen LogP contribution in [0.1, 0.15) is 5.56 Å². The summed E-state index contributed by atoms with van der Waals surface area (Å²) in [6.07, 6.45) is 1.28. The number of phenols is 1. The molecule has 1 amide bonds. The van der Waals surface area contributed by atoms with Gasteiger partial charge in [0.05, 0.1) is 27.0 Å². The third kappa shape index (κ3) is 3.59. The second-order valence-electron chi connectivity index (χ2n) is 3.76. The molecule has 1 aromatic carbocycles. The van der Waals surface area contributed by atoms with E-state index in [1.807, 2.05) is 0 Å². The molecular formula is C12H17N3O5. The van der Waals surface area contributed by atoms with Crippen molar-refractivity contribution in [3.8, 4) is 17.2 Å². The number of carbonyl (C=O) groups is 1. The minimum absolute atomic E-state index is 0.161. The summed E-state index contributed by atoms with van der Waals surface area (Å²) >= 11 is 0. The lowest BCUT2D eigenvalue weighted by atomic mass is 10.2. The van der Waals surface area contributed by atoms with Gasteiger partial charge in [-0.1, -0.05) is 0 Å². The first-order valence-corrected chi connectivity index (χ1v) is 5.68. The molecule has 8 heteroatoms. The molecule has 20 heavy (non-hydrogen) atoms. The van der Waals surface area contributed by atoms with Crippen LogP contribution in [0.5, 0.6) is 17.2 Å². The van der Waals surface area contributed by atoms with Crippen LogP contribution in [0.4, 0.5) is 0 Å². The molecule has 5 N–H and O–H groups in total. The topological polar surface area (TPSA) is 126 Å². The zero-order valence-corrected chi connectivity index (χ0v) is 11.2. The van der Waals surface area contributed by atoms with Gasteiger partial charge in [-0.2, -0.15) is 5.10 Å². The van der Waals surface area contributed by atoms with Gasteiger partial charge in [0.2, 0.25) is 5.75 Å². The van der Waals surface area contributed by atoms with Gasteiger partial charge in [-0.25, -0.2) is 5.43 Å².